The van der Waals surface area contributed by atoms with Crippen molar-refractivity contribution in [2.45, 2.75) is 19.4 Å². The molecule has 0 saturated carbocycles. The summed E-state index contributed by atoms with van der Waals surface area (Å²) in [6.45, 7) is 0.598. The Bertz CT molecular complexity index is 1230. The highest BCUT2D eigenvalue weighted by Crippen LogP contribution is 2.31. The molecule has 2 N–H and O–H groups in total. The van der Waals surface area contributed by atoms with Gasteiger partial charge in [-0.3, -0.25) is 9.59 Å². The molecule has 0 spiro atoms. The third kappa shape index (κ3) is 3.13. The van der Waals surface area contributed by atoms with E-state index in [1.165, 1.54) is 0 Å². The van der Waals surface area contributed by atoms with E-state index in [9.17, 15) is 9.59 Å². The number of carbonyl (C=O) groups excluding carboxylic acids is 2. The SMILES string of the molecule is O=C(/C=C/c1ccc2[nH]c3c(c2c1)CNC1=C(CCC=C1)C3=O)c1ccccc1. The maximum atomic E-state index is 13.1. The predicted octanol–water partition coefficient (Wildman–Crippen LogP) is 4.95. The largest absolute Gasteiger partial charge is 0.381 e. The fraction of sp³-hybridized carbons (Fsp3) is 0.120. The summed E-state index contributed by atoms with van der Waals surface area (Å²) in [6, 6.07) is 15.2. The molecule has 2 aliphatic rings. The highest BCUT2D eigenvalue weighted by Gasteiger charge is 2.26. The number of ketones is 2. The average molecular weight is 380 g/mol. The number of H-pyrrole nitrogens is 1. The van der Waals surface area contributed by atoms with E-state index in [-0.39, 0.29) is 11.6 Å². The summed E-state index contributed by atoms with van der Waals surface area (Å²) in [5, 5.41) is 4.43. The van der Waals surface area contributed by atoms with Gasteiger partial charge < -0.3 is 10.3 Å². The number of fused-ring (bicyclic) bond motifs is 3. The number of benzene rings is 2. The number of hydrogen-bond donors (Lipinski definition) is 2. The number of aromatic amines is 1. The lowest BCUT2D eigenvalue weighted by atomic mass is 9.96. The maximum Gasteiger partial charge on any atom is 0.207 e. The van der Waals surface area contributed by atoms with Crippen LogP contribution in [0.2, 0.25) is 0 Å². The van der Waals surface area contributed by atoms with Crippen LogP contribution in [0, 0.1) is 0 Å². The van der Waals surface area contributed by atoms with Gasteiger partial charge in [-0.15, -0.1) is 0 Å². The Balaban J connectivity index is 1.49. The van der Waals surface area contributed by atoms with E-state index in [2.05, 4.69) is 16.4 Å². The van der Waals surface area contributed by atoms with E-state index in [4.69, 9.17) is 0 Å². The minimum absolute atomic E-state index is 0.0286. The smallest absolute Gasteiger partial charge is 0.207 e. The van der Waals surface area contributed by atoms with Crippen LogP contribution in [-0.2, 0) is 6.54 Å². The summed E-state index contributed by atoms with van der Waals surface area (Å²) in [5.74, 6) is 0.0519. The van der Waals surface area contributed by atoms with E-state index in [1.807, 2.05) is 60.7 Å². The second kappa shape index (κ2) is 7.06. The summed E-state index contributed by atoms with van der Waals surface area (Å²) in [7, 11) is 0. The highest BCUT2D eigenvalue weighted by molar-refractivity contribution is 6.13. The number of carbonyl (C=O) groups is 2. The lowest BCUT2D eigenvalue weighted by Gasteiger charge is -2.13. The van der Waals surface area contributed by atoms with Crippen LogP contribution >= 0.6 is 0 Å². The number of allylic oxidation sites excluding steroid dienone is 4. The molecular weight excluding hydrogens is 360 g/mol. The number of Topliss-reactive ketones (excluding diaryl/α,β-unsaturated/α-hetero) is 1. The van der Waals surface area contributed by atoms with Crippen molar-refractivity contribution in [1.82, 2.24) is 10.3 Å². The quantitative estimate of drug-likeness (QED) is 0.499. The van der Waals surface area contributed by atoms with E-state index in [0.29, 0.717) is 17.8 Å². The van der Waals surface area contributed by atoms with Crippen LogP contribution in [0.4, 0.5) is 0 Å². The third-order valence-electron chi connectivity index (χ3n) is 5.54. The van der Waals surface area contributed by atoms with Crippen LogP contribution in [0.25, 0.3) is 17.0 Å². The van der Waals surface area contributed by atoms with Crippen LogP contribution in [0.5, 0.6) is 0 Å². The zero-order valence-corrected chi connectivity index (χ0v) is 15.9. The van der Waals surface area contributed by atoms with Crippen molar-refractivity contribution in [1.29, 1.82) is 0 Å². The molecule has 0 atom stereocenters. The zero-order valence-electron chi connectivity index (χ0n) is 15.9. The fourth-order valence-electron chi connectivity index (χ4n) is 4.02. The summed E-state index contributed by atoms with van der Waals surface area (Å²) < 4.78 is 0. The van der Waals surface area contributed by atoms with Gasteiger partial charge in [-0.05, 0) is 42.7 Å². The summed E-state index contributed by atoms with van der Waals surface area (Å²) in [4.78, 5) is 28.7. The molecular formula is C25H20N2O2. The monoisotopic (exact) mass is 380 g/mol. The molecule has 4 heteroatoms. The lowest BCUT2D eigenvalue weighted by Crippen LogP contribution is -2.14. The molecule has 3 aromatic rings. The molecule has 0 fully saturated rings. The molecule has 0 amide bonds. The van der Waals surface area contributed by atoms with Gasteiger partial charge in [0, 0.05) is 39.8 Å². The molecule has 0 radical (unpaired) electrons. The van der Waals surface area contributed by atoms with Gasteiger partial charge in [-0.2, -0.15) is 0 Å². The first-order chi connectivity index (χ1) is 14.2. The molecule has 29 heavy (non-hydrogen) atoms. The van der Waals surface area contributed by atoms with Crippen LogP contribution in [-0.4, -0.2) is 16.6 Å². The second-order valence-corrected chi connectivity index (χ2v) is 7.36. The van der Waals surface area contributed by atoms with E-state index in [0.717, 1.165) is 46.1 Å². The molecule has 1 aliphatic heterocycles. The van der Waals surface area contributed by atoms with Gasteiger partial charge in [0.25, 0.3) is 0 Å². The Labute approximate surface area is 168 Å². The Kier molecular flexibility index (Phi) is 4.24. The molecule has 2 heterocycles. The van der Waals surface area contributed by atoms with E-state index in [1.54, 1.807) is 6.08 Å². The van der Waals surface area contributed by atoms with Gasteiger partial charge in [0.1, 0.15) is 0 Å². The van der Waals surface area contributed by atoms with Crippen LogP contribution < -0.4 is 5.32 Å². The first kappa shape index (κ1) is 17.4. The Morgan fingerprint density at radius 3 is 2.79 bits per heavy atom. The Hall–Kier alpha value is -3.66. The summed E-state index contributed by atoms with van der Waals surface area (Å²) >= 11 is 0. The van der Waals surface area contributed by atoms with Gasteiger partial charge in [0.15, 0.2) is 5.78 Å². The Morgan fingerprint density at radius 2 is 1.93 bits per heavy atom. The third-order valence-corrected chi connectivity index (χ3v) is 5.54. The van der Waals surface area contributed by atoms with E-state index >= 15 is 0 Å². The lowest BCUT2D eigenvalue weighted by molar-refractivity contribution is 0.102. The molecule has 5 rings (SSSR count). The van der Waals surface area contributed by atoms with Crippen molar-refractivity contribution in [3.63, 3.8) is 0 Å². The van der Waals surface area contributed by atoms with Crippen LogP contribution in [0.1, 0.15) is 44.8 Å². The minimum Gasteiger partial charge on any atom is -0.381 e. The van der Waals surface area contributed by atoms with Crippen LogP contribution in [0.15, 0.2) is 78.0 Å². The molecule has 2 aromatic carbocycles. The first-order valence-corrected chi connectivity index (χ1v) is 9.81. The zero-order chi connectivity index (χ0) is 19.8. The number of hydrogen-bond acceptors (Lipinski definition) is 3. The van der Waals surface area contributed by atoms with Crippen molar-refractivity contribution in [3.05, 3.63) is 100 Å². The van der Waals surface area contributed by atoms with Gasteiger partial charge in [-0.25, -0.2) is 0 Å². The summed E-state index contributed by atoms with van der Waals surface area (Å²) in [6.07, 6.45) is 9.19. The van der Waals surface area contributed by atoms with Gasteiger partial charge in [0.05, 0.1) is 5.69 Å². The first-order valence-electron chi connectivity index (χ1n) is 9.81. The van der Waals surface area contributed by atoms with Crippen molar-refractivity contribution in [3.8, 4) is 0 Å². The highest BCUT2D eigenvalue weighted by atomic mass is 16.1. The molecule has 0 saturated heterocycles. The molecule has 142 valence electrons. The van der Waals surface area contributed by atoms with E-state index < -0.39 is 0 Å². The fourth-order valence-corrected chi connectivity index (χ4v) is 4.02. The molecule has 1 aliphatic carbocycles. The van der Waals surface area contributed by atoms with Gasteiger partial charge in [-0.1, -0.05) is 48.6 Å². The maximum absolute atomic E-state index is 13.1. The van der Waals surface area contributed by atoms with Crippen molar-refractivity contribution >= 4 is 28.5 Å². The number of aromatic nitrogens is 1. The van der Waals surface area contributed by atoms with Gasteiger partial charge in [0.2, 0.25) is 5.78 Å². The molecule has 0 unspecified atom stereocenters. The standard InChI is InChI=1S/C25H20N2O2/c28-23(17-6-2-1-3-7-17)13-11-16-10-12-22-19(14-16)20-15-26-21-9-5-4-8-18(21)25(29)24(20)27-22/h1-3,5-7,9-14,26-27H,4,8,15H2/b13-11+. The van der Waals surface area contributed by atoms with Crippen molar-refractivity contribution in [2.75, 3.05) is 0 Å². The summed E-state index contributed by atoms with van der Waals surface area (Å²) in [5.41, 5.74) is 5.98. The van der Waals surface area contributed by atoms with Crippen LogP contribution in [0.3, 0.4) is 0 Å². The number of nitrogens with one attached hydrogen (secondary N) is 2. The van der Waals surface area contributed by atoms with Crippen molar-refractivity contribution < 1.29 is 9.59 Å². The Morgan fingerprint density at radius 1 is 1.07 bits per heavy atom. The predicted molar refractivity (Wildman–Crippen MR) is 115 cm³/mol. The molecule has 1 aromatic heterocycles. The van der Waals surface area contributed by atoms with Crippen molar-refractivity contribution in [2.24, 2.45) is 0 Å². The second-order valence-electron chi connectivity index (χ2n) is 7.36. The molecule has 4 nitrogen and oxygen atoms in total. The molecule has 0 bridgehead atoms. The topological polar surface area (TPSA) is 62.0 Å². The van der Waals surface area contributed by atoms with Gasteiger partial charge >= 0.3 is 0 Å². The normalized spacial score (nSPS) is 15.9. The average Bonchev–Trinajstić information content (AvgIpc) is 3.07. The number of rotatable bonds is 3. The minimum atomic E-state index is -0.0286.